The van der Waals surface area contributed by atoms with Crippen LogP contribution in [0.2, 0.25) is 0 Å². The molecule has 60 valence electrons. The van der Waals surface area contributed by atoms with Crippen molar-refractivity contribution in [1.82, 2.24) is 0 Å². The molecule has 0 aromatic heterocycles. The second-order valence-electron chi connectivity index (χ2n) is 1.88. The monoisotopic (exact) mass is 214 g/mol. The first-order valence-electron chi connectivity index (χ1n) is 2.72. The van der Waals surface area contributed by atoms with Gasteiger partial charge in [-0.15, -0.1) is 0 Å². The Hall–Kier alpha value is 0.480. The third-order valence-corrected chi connectivity index (χ3v) is 2.51. The van der Waals surface area contributed by atoms with Gasteiger partial charge in [0.15, 0.2) is 0 Å². The summed E-state index contributed by atoms with van der Waals surface area (Å²) < 4.78 is 33.9. The molecular formula is C6H4FNaO2S2. The molecule has 0 fully saturated rings. The Morgan fingerprint density at radius 2 is 1.92 bits per heavy atom. The van der Waals surface area contributed by atoms with Crippen molar-refractivity contribution < 1.29 is 42.7 Å². The van der Waals surface area contributed by atoms with Crippen LogP contribution >= 0.6 is 0 Å². The van der Waals surface area contributed by atoms with Crippen LogP contribution in [-0.4, -0.2) is 8.76 Å². The molecule has 0 aliphatic rings. The van der Waals surface area contributed by atoms with E-state index in [9.17, 15) is 13.2 Å². The van der Waals surface area contributed by atoms with Crippen LogP contribution in [0.5, 0.6) is 0 Å². The standard InChI is InChI=1S/C6H5FO2S2.Na/c7-5-3-1-2-4-6(5)11(8,9)10;/h1-4H,(H,8,9,10);/q;+1/p-1. The summed E-state index contributed by atoms with van der Waals surface area (Å²) in [6.07, 6.45) is 0. The molecule has 12 heavy (non-hydrogen) atoms. The molecule has 2 nitrogen and oxygen atoms in total. The summed E-state index contributed by atoms with van der Waals surface area (Å²) in [5.74, 6) is -0.803. The van der Waals surface area contributed by atoms with Crippen molar-refractivity contribution in [3.05, 3.63) is 30.1 Å². The summed E-state index contributed by atoms with van der Waals surface area (Å²) in [5.41, 5.74) is 0. The average molecular weight is 214 g/mol. The minimum Gasteiger partial charge on any atom is -0.766 e. The fraction of sp³-hybridized carbons (Fsp3) is 0. The van der Waals surface area contributed by atoms with E-state index in [1.165, 1.54) is 12.1 Å². The van der Waals surface area contributed by atoms with Gasteiger partial charge in [-0.25, -0.2) is 4.39 Å². The van der Waals surface area contributed by atoms with Crippen LogP contribution in [0.15, 0.2) is 29.2 Å². The van der Waals surface area contributed by atoms with Gasteiger partial charge in [-0.2, -0.15) is 0 Å². The molecule has 1 atom stereocenters. The molecule has 1 rings (SSSR count). The van der Waals surface area contributed by atoms with E-state index in [-0.39, 0.29) is 29.6 Å². The summed E-state index contributed by atoms with van der Waals surface area (Å²) in [5, 5.41) is 0. The maximum absolute atomic E-state index is 12.6. The first-order chi connectivity index (χ1) is 5.02. The van der Waals surface area contributed by atoms with E-state index in [4.69, 9.17) is 0 Å². The normalized spacial score (nSPS) is 14.5. The Balaban J connectivity index is 0.00000121. The molecule has 0 spiro atoms. The largest absolute Gasteiger partial charge is 1.00 e. The molecule has 0 radical (unpaired) electrons. The molecule has 0 saturated carbocycles. The van der Waals surface area contributed by atoms with E-state index in [2.05, 4.69) is 11.2 Å². The van der Waals surface area contributed by atoms with Crippen molar-refractivity contribution in [3.8, 4) is 0 Å². The predicted octanol–water partition coefficient (Wildman–Crippen LogP) is -1.93. The smallest absolute Gasteiger partial charge is 0.766 e. The summed E-state index contributed by atoms with van der Waals surface area (Å²) >= 11 is 4.07. The molecule has 1 unspecified atom stereocenters. The maximum Gasteiger partial charge on any atom is 1.00 e. The van der Waals surface area contributed by atoms with E-state index in [1.54, 1.807) is 0 Å². The first-order valence-corrected chi connectivity index (χ1v) is 5.13. The minimum absolute atomic E-state index is 0. The van der Waals surface area contributed by atoms with Crippen molar-refractivity contribution in [2.75, 3.05) is 0 Å². The molecule has 1 aromatic rings. The Kier molecular flexibility index (Phi) is 4.83. The predicted molar refractivity (Wildman–Crippen MR) is 41.0 cm³/mol. The summed E-state index contributed by atoms with van der Waals surface area (Å²) in [6, 6.07) is 5.01. The Labute approximate surface area is 97.0 Å². The topological polar surface area (TPSA) is 40.1 Å². The Bertz CT molecular complexity index is 364. The average Bonchev–Trinajstić information content (AvgIpc) is 1.86. The third kappa shape index (κ3) is 3.08. The molecule has 0 heterocycles. The second-order valence-corrected chi connectivity index (χ2v) is 4.55. The number of hydrogen-bond donors (Lipinski definition) is 0. The maximum atomic E-state index is 12.6. The van der Waals surface area contributed by atoms with Gasteiger partial charge < -0.3 is 4.55 Å². The molecular weight excluding hydrogens is 210 g/mol. The molecule has 0 aliphatic carbocycles. The van der Waals surface area contributed by atoms with Gasteiger partial charge >= 0.3 is 29.6 Å². The molecule has 6 heteroatoms. The van der Waals surface area contributed by atoms with Crippen molar-refractivity contribution in [2.24, 2.45) is 0 Å². The molecule has 0 saturated heterocycles. The number of hydrogen-bond acceptors (Lipinski definition) is 3. The third-order valence-electron chi connectivity index (χ3n) is 1.11. The van der Waals surface area contributed by atoms with Crippen molar-refractivity contribution in [1.29, 1.82) is 0 Å². The van der Waals surface area contributed by atoms with Crippen LogP contribution in [0.25, 0.3) is 0 Å². The van der Waals surface area contributed by atoms with Crippen LogP contribution in [0.3, 0.4) is 0 Å². The zero-order chi connectivity index (χ0) is 8.48. The quantitative estimate of drug-likeness (QED) is 0.511. The summed E-state index contributed by atoms with van der Waals surface area (Å²) in [7, 11) is -3.83. The molecule has 1 aromatic carbocycles. The van der Waals surface area contributed by atoms with Gasteiger partial charge in [0.25, 0.3) is 0 Å². The second kappa shape index (κ2) is 4.64. The van der Waals surface area contributed by atoms with Crippen molar-refractivity contribution >= 4 is 20.0 Å². The van der Waals surface area contributed by atoms with Gasteiger partial charge in [0, 0.05) is 0 Å². The number of rotatable bonds is 1. The Morgan fingerprint density at radius 3 is 2.25 bits per heavy atom. The fourth-order valence-corrected chi connectivity index (χ4v) is 1.61. The summed E-state index contributed by atoms with van der Waals surface area (Å²) in [6.45, 7) is 0. The SMILES string of the molecule is O=S([O-])(=S)c1ccccc1F.[Na+]. The van der Waals surface area contributed by atoms with E-state index in [0.29, 0.717) is 0 Å². The van der Waals surface area contributed by atoms with Gasteiger partial charge in [0.05, 0.1) is 4.90 Å². The van der Waals surface area contributed by atoms with Gasteiger partial charge in [-0.05, 0) is 32.1 Å². The van der Waals surface area contributed by atoms with E-state index >= 15 is 0 Å². The van der Waals surface area contributed by atoms with Gasteiger partial charge in [-0.3, -0.25) is 4.21 Å². The molecule has 0 N–H and O–H groups in total. The molecule has 0 amide bonds. The summed E-state index contributed by atoms with van der Waals surface area (Å²) in [4.78, 5) is -0.435. The number of benzene rings is 1. The zero-order valence-electron chi connectivity index (χ0n) is 6.32. The van der Waals surface area contributed by atoms with Crippen LogP contribution in [0.1, 0.15) is 0 Å². The van der Waals surface area contributed by atoms with Crippen LogP contribution in [-0.2, 0) is 20.0 Å². The molecule has 0 bridgehead atoms. The van der Waals surface area contributed by atoms with Gasteiger partial charge in [0.1, 0.15) is 5.82 Å². The minimum atomic E-state index is -3.83. The van der Waals surface area contributed by atoms with Crippen LogP contribution < -0.4 is 29.6 Å². The number of halogens is 1. The van der Waals surface area contributed by atoms with Gasteiger partial charge in [0.2, 0.25) is 0 Å². The first kappa shape index (κ1) is 12.5. The van der Waals surface area contributed by atoms with E-state index in [0.717, 1.165) is 12.1 Å². The van der Waals surface area contributed by atoms with E-state index in [1.807, 2.05) is 0 Å². The fourth-order valence-electron chi connectivity index (χ4n) is 0.647. The zero-order valence-corrected chi connectivity index (χ0v) is 9.95. The van der Waals surface area contributed by atoms with Crippen LogP contribution in [0, 0.1) is 5.82 Å². The van der Waals surface area contributed by atoms with Gasteiger partial charge in [-0.1, -0.05) is 12.1 Å². The molecule has 0 aliphatic heterocycles. The van der Waals surface area contributed by atoms with Crippen LogP contribution in [0.4, 0.5) is 4.39 Å². The van der Waals surface area contributed by atoms with Crippen molar-refractivity contribution in [2.45, 2.75) is 4.90 Å². The van der Waals surface area contributed by atoms with E-state index < -0.39 is 19.5 Å². The van der Waals surface area contributed by atoms with Crippen molar-refractivity contribution in [3.63, 3.8) is 0 Å². The Morgan fingerprint density at radius 1 is 1.42 bits per heavy atom.